The molecule has 1 aliphatic rings. The van der Waals surface area contributed by atoms with Gasteiger partial charge >= 0.3 is 0 Å². The van der Waals surface area contributed by atoms with Crippen LogP contribution < -0.4 is 21.1 Å². The Hall–Kier alpha value is -2.24. The van der Waals surface area contributed by atoms with Crippen LogP contribution in [-0.2, 0) is 9.59 Å². The van der Waals surface area contributed by atoms with E-state index in [1.807, 2.05) is 0 Å². The number of rotatable bonds is 2. The third-order valence-corrected chi connectivity index (χ3v) is 2.27. The van der Waals surface area contributed by atoms with E-state index in [1.54, 1.807) is 18.2 Å². The molecule has 4 N–H and O–H groups in total. The fourth-order valence-corrected chi connectivity index (χ4v) is 1.59. The Morgan fingerprint density at radius 2 is 2.25 bits per heavy atom. The lowest BCUT2D eigenvalue weighted by atomic mass is 10.2. The van der Waals surface area contributed by atoms with Gasteiger partial charge in [-0.3, -0.25) is 14.5 Å². The molecule has 0 fully saturated rings. The van der Waals surface area contributed by atoms with Crippen molar-refractivity contribution >= 4 is 23.2 Å². The number of hydrogen-bond acceptors (Lipinski definition) is 4. The summed E-state index contributed by atoms with van der Waals surface area (Å²) in [6, 6.07) is 5.01. The number of anilines is 2. The van der Waals surface area contributed by atoms with Gasteiger partial charge in [0.05, 0.1) is 11.4 Å². The van der Waals surface area contributed by atoms with Crippen LogP contribution in [0.1, 0.15) is 0 Å². The number of ether oxygens (including phenoxy) is 1. The van der Waals surface area contributed by atoms with Crippen molar-refractivity contribution in [3.8, 4) is 5.75 Å². The Labute approximate surface area is 91.8 Å². The second-order valence-corrected chi connectivity index (χ2v) is 3.43. The Morgan fingerprint density at radius 3 is 2.94 bits per heavy atom. The number of para-hydroxylation sites is 1. The maximum Gasteiger partial charge on any atom is 0.265 e. The molecule has 0 saturated carbocycles. The molecule has 0 bridgehead atoms. The van der Waals surface area contributed by atoms with Crippen molar-refractivity contribution in [3.63, 3.8) is 0 Å². The number of carbonyl (C=O) groups excluding carboxylic acids is 2. The quantitative estimate of drug-likeness (QED) is 0.656. The third kappa shape index (κ3) is 1.65. The van der Waals surface area contributed by atoms with Gasteiger partial charge in [-0.15, -0.1) is 0 Å². The normalized spacial score (nSPS) is 14.2. The van der Waals surface area contributed by atoms with Gasteiger partial charge in [-0.05, 0) is 12.1 Å². The fraction of sp³-hybridized carbons (Fsp3) is 0.200. The van der Waals surface area contributed by atoms with Crippen LogP contribution in [-0.4, -0.2) is 25.0 Å². The summed E-state index contributed by atoms with van der Waals surface area (Å²) < 4.78 is 5.21. The molecule has 1 aliphatic heterocycles. The van der Waals surface area contributed by atoms with Crippen LogP contribution >= 0.6 is 0 Å². The average molecular weight is 221 g/mol. The monoisotopic (exact) mass is 221 g/mol. The van der Waals surface area contributed by atoms with Crippen LogP contribution in [0.3, 0.4) is 0 Å². The number of nitrogens with zero attached hydrogens (tertiary/aromatic N) is 1. The number of hydrogen-bond donors (Lipinski definition) is 2. The summed E-state index contributed by atoms with van der Waals surface area (Å²) in [6.07, 6.45) is 0. The lowest BCUT2D eigenvalue weighted by Crippen LogP contribution is -2.43. The lowest BCUT2D eigenvalue weighted by molar-refractivity contribution is -0.124. The summed E-state index contributed by atoms with van der Waals surface area (Å²) in [5.74, 6) is -0.469. The van der Waals surface area contributed by atoms with Crippen molar-refractivity contribution in [1.29, 1.82) is 0 Å². The Kier molecular flexibility index (Phi) is 2.40. The van der Waals surface area contributed by atoms with Crippen molar-refractivity contribution in [2.75, 3.05) is 23.8 Å². The summed E-state index contributed by atoms with van der Waals surface area (Å²) >= 11 is 0. The van der Waals surface area contributed by atoms with E-state index in [4.69, 9.17) is 16.2 Å². The zero-order chi connectivity index (χ0) is 11.7. The minimum absolute atomic E-state index is 0.130. The van der Waals surface area contributed by atoms with Crippen LogP contribution in [0.2, 0.25) is 0 Å². The minimum Gasteiger partial charge on any atom is -0.479 e. The molecule has 0 spiro atoms. The number of amides is 2. The largest absolute Gasteiger partial charge is 0.479 e. The molecular formula is C10H11N3O3. The fourth-order valence-electron chi connectivity index (χ4n) is 1.59. The summed E-state index contributed by atoms with van der Waals surface area (Å²) in [6.45, 7) is -0.298. The van der Waals surface area contributed by atoms with Gasteiger partial charge in [-0.25, -0.2) is 0 Å². The molecule has 1 heterocycles. The third-order valence-electron chi connectivity index (χ3n) is 2.27. The summed E-state index contributed by atoms with van der Waals surface area (Å²) in [7, 11) is 0. The maximum atomic E-state index is 11.6. The van der Waals surface area contributed by atoms with E-state index >= 15 is 0 Å². The highest BCUT2D eigenvalue weighted by Crippen LogP contribution is 2.36. The van der Waals surface area contributed by atoms with Gasteiger partial charge in [0.1, 0.15) is 6.54 Å². The summed E-state index contributed by atoms with van der Waals surface area (Å²) in [4.78, 5) is 23.7. The second-order valence-electron chi connectivity index (χ2n) is 3.43. The number of carbonyl (C=O) groups is 2. The van der Waals surface area contributed by atoms with E-state index in [2.05, 4.69) is 0 Å². The van der Waals surface area contributed by atoms with Crippen LogP contribution in [0.5, 0.6) is 5.75 Å². The number of benzene rings is 1. The molecule has 0 saturated heterocycles. The maximum absolute atomic E-state index is 11.6. The van der Waals surface area contributed by atoms with Gasteiger partial charge < -0.3 is 16.2 Å². The SMILES string of the molecule is NC(=O)CN1C(=O)COc2c(N)cccc21. The first-order chi connectivity index (χ1) is 7.59. The zero-order valence-electron chi connectivity index (χ0n) is 8.47. The van der Waals surface area contributed by atoms with Crippen molar-refractivity contribution in [3.05, 3.63) is 18.2 Å². The van der Waals surface area contributed by atoms with Gasteiger partial charge in [0.2, 0.25) is 5.91 Å². The van der Waals surface area contributed by atoms with E-state index in [-0.39, 0.29) is 19.1 Å². The van der Waals surface area contributed by atoms with Gasteiger partial charge in [-0.1, -0.05) is 6.07 Å². The molecule has 0 aromatic heterocycles. The molecule has 1 aromatic rings. The molecule has 0 atom stereocenters. The summed E-state index contributed by atoms with van der Waals surface area (Å²) in [5, 5.41) is 0. The van der Waals surface area contributed by atoms with Gasteiger partial charge in [0.15, 0.2) is 12.4 Å². The topological polar surface area (TPSA) is 98.7 Å². The van der Waals surface area contributed by atoms with Crippen LogP contribution in [0, 0.1) is 0 Å². The minimum atomic E-state index is -0.580. The van der Waals surface area contributed by atoms with Gasteiger partial charge in [0, 0.05) is 0 Å². The van der Waals surface area contributed by atoms with Crippen LogP contribution in [0.25, 0.3) is 0 Å². The van der Waals surface area contributed by atoms with Crippen molar-refractivity contribution < 1.29 is 14.3 Å². The van der Waals surface area contributed by atoms with E-state index in [1.165, 1.54) is 4.90 Å². The molecule has 1 aromatic carbocycles. The molecule has 6 heteroatoms. The highest BCUT2D eigenvalue weighted by atomic mass is 16.5. The molecule has 0 aliphatic carbocycles. The Bertz CT molecular complexity index is 459. The number of primary amides is 1. The molecule has 2 amide bonds. The first-order valence-electron chi connectivity index (χ1n) is 4.69. The average Bonchev–Trinajstić information content (AvgIpc) is 2.22. The lowest BCUT2D eigenvalue weighted by Gasteiger charge is -2.28. The van der Waals surface area contributed by atoms with E-state index in [9.17, 15) is 9.59 Å². The van der Waals surface area contributed by atoms with E-state index in [0.717, 1.165) is 0 Å². The zero-order valence-corrected chi connectivity index (χ0v) is 8.47. The van der Waals surface area contributed by atoms with E-state index < -0.39 is 5.91 Å². The number of nitrogen functional groups attached to an aromatic ring is 1. The first kappa shape index (κ1) is 10.3. The van der Waals surface area contributed by atoms with Gasteiger partial charge in [-0.2, -0.15) is 0 Å². The van der Waals surface area contributed by atoms with Gasteiger partial charge in [0.25, 0.3) is 5.91 Å². The van der Waals surface area contributed by atoms with Crippen molar-refractivity contribution in [2.24, 2.45) is 5.73 Å². The van der Waals surface area contributed by atoms with Crippen LogP contribution in [0.4, 0.5) is 11.4 Å². The molecular weight excluding hydrogens is 210 g/mol. The van der Waals surface area contributed by atoms with Crippen molar-refractivity contribution in [1.82, 2.24) is 0 Å². The Balaban J connectivity index is 2.44. The number of fused-ring (bicyclic) bond motifs is 1. The molecule has 84 valence electrons. The predicted octanol–water partition coefficient (Wildman–Crippen LogP) is -0.520. The highest BCUT2D eigenvalue weighted by Gasteiger charge is 2.27. The summed E-state index contributed by atoms with van der Waals surface area (Å²) in [5.41, 5.74) is 11.7. The Morgan fingerprint density at radius 1 is 1.50 bits per heavy atom. The standard InChI is InChI=1S/C10H11N3O3/c11-6-2-1-3-7-10(6)16-5-9(15)13(7)4-8(12)14/h1-3H,4-5,11H2,(H2,12,14). The molecule has 0 radical (unpaired) electrons. The van der Waals surface area contributed by atoms with Crippen LogP contribution in [0.15, 0.2) is 18.2 Å². The predicted molar refractivity (Wildman–Crippen MR) is 57.9 cm³/mol. The molecule has 0 unspecified atom stereocenters. The first-order valence-corrected chi connectivity index (χ1v) is 4.69. The molecule has 2 rings (SSSR count). The second kappa shape index (κ2) is 3.73. The molecule has 16 heavy (non-hydrogen) atoms. The van der Waals surface area contributed by atoms with E-state index in [0.29, 0.717) is 17.1 Å². The molecule has 6 nitrogen and oxygen atoms in total. The smallest absolute Gasteiger partial charge is 0.265 e. The van der Waals surface area contributed by atoms with Crippen molar-refractivity contribution in [2.45, 2.75) is 0 Å². The number of nitrogens with two attached hydrogens (primary N) is 2. The highest BCUT2D eigenvalue weighted by molar-refractivity contribution is 6.02.